The molecular formula is C23H26N2O. The van der Waals surface area contributed by atoms with Gasteiger partial charge in [0.2, 0.25) is 0 Å². The number of aromatic hydroxyl groups is 1. The molecule has 0 unspecified atom stereocenters. The number of rotatable bonds is 3. The lowest BCUT2D eigenvalue weighted by atomic mass is 9.87. The van der Waals surface area contributed by atoms with Crippen molar-refractivity contribution in [3.8, 4) is 11.4 Å². The van der Waals surface area contributed by atoms with E-state index in [0.29, 0.717) is 0 Å². The largest absolute Gasteiger partial charge is 0.508 e. The van der Waals surface area contributed by atoms with E-state index in [-0.39, 0.29) is 11.2 Å². The number of aryl methyl sites for hydroxylation is 1. The van der Waals surface area contributed by atoms with E-state index in [4.69, 9.17) is 0 Å². The second-order valence-electron chi connectivity index (χ2n) is 7.73. The number of aromatic nitrogens is 1. The van der Waals surface area contributed by atoms with Crippen molar-refractivity contribution >= 4 is 11.9 Å². The number of phenolic OH excluding ortho intramolecular Hbond substituents is 1. The second-order valence-corrected chi connectivity index (χ2v) is 7.73. The predicted octanol–water partition coefficient (Wildman–Crippen LogP) is 5.85. The van der Waals surface area contributed by atoms with Crippen molar-refractivity contribution in [3.63, 3.8) is 0 Å². The maximum Gasteiger partial charge on any atom is 0.115 e. The fourth-order valence-electron chi connectivity index (χ4n) is 3.11. The molecule has 3 aromatic rings. The SMILES string of the molecule is Cc1cc(C=Nc2ccc(O)cc2)c(C)n1-c1ccc(C(C)(C)C)cc1. The van der Waals surface area contributed by atoms with Crippen LogP contribution < -0.4 is 0 Å². The summed E-state index contributed by atoms with van der Waals surface area (Å²) < 4.78 is 2.25. The molecule has 0 aliphatic carbocycles. The van der Waals surface area contributed by atoms with E-state index in [1.807, 2.05) is 6.21 Å². The summed E-state index contributed by atoms with van der Waals surface area (Å²) in [5.41, 5.74) is 6.90. The molecule has 2 aromatic carbocycles. The van der Waals surface area contributed by atoms with Gasteiger partial charge < -0.3 is 9.67 Å². The standard InChI is InChI=1S/C23H26N2O/c1-16-14-18(15-24-20-8-12-22(26)13-9-20)17(2)25(16)21-10-6-19(7-11-21)23(3,4)5/h6-15,26H,1-5H3. The average Bonchev–Trinajstić information content (AvgIpc) is 2.87. The smallest absolute Gasteiger partial charge is 0.115 e. The molecule has 0 saturated heterocycles. The highest BCUT2D eigenvalue weighted by Crippen LogP contribution is 2.26. The van der Waals surface area contributed by atoms with Gasteiger partial charge in [-0.3, -0.25) is 4.99 Å². The molecule has 0 bridgehead atoms. The Morgan fingerprint density at radius 1 is 0.923 bits per heavy atom. The van der Waals surface area contributed by atoms with Crippen LogP contribution in [-0.2, 0) is 5.41 Å². The highest BCUT2D eigenvalue weighted by molar-refractivity contribution is 5.84. The number of benzene rings is 2. The maximum absolute atomic E-state index is 9.37. The van der Waals surface area contributed by atoms with Gasteiger partial charge in [-0.15, -0.1) is 0 Å². The molecule has 0 radical (unpaired) electrons. The third-order valence-electron chi connectivity index (χ3n) is 4.66. The van der Waals surface area contributed by atoms with Crippen molar-refractivity contribution < 1.29 is 5.11 Å². The van der Waals surface area contributed by atoms with Crippen molar-refractivity contribution in [2.24, 2.45) is 4.99 Å². The zero-order chi connectivity index (χ0) is 18.9. The van der Waals surface area contributed by atoms with Gasteiger partial charge in [-0.2, -0.15) is 0 Å². The molecule has 3 nitrogen and oxygen atoms in total. The Bertz CT molecular complexity index is 924. The molecule has 26 heavy (non-hydrogen) atoms. The first-order valence-electron chi connectivity index (χ1n) is 8.88. The molecule has 0 aliphatic heterocycles. The quantitative estimate of drug-likeness (QED) is 0.594. The van der Waals surface area contributed by atoms with E-state index in [0.717, 1.165) is 22.6 Å². The molecular weight excluding hydrogens is 320 g/mol. The van der Waals surface area contributed by atoms with Gasteiger partial charge in [-0.1, -0.05) is 32.9 Å². The minimum atomic E-state index is 0.154. The van der Waals surface area contributed by atoms with Crippen LogP contribution in [-0.4, -0.2) is 15.9 Å². The molecule has 134 valence electrons. The minimum absolute atomic E-state index is 0.154. The van der Waals surface area contributed by atoms with Gasteiger partial charge in [0, 0.05) is 28.9 Å². The van der Waals surface area contributed by atoms with Gasteiger partial charge in [0.25, 0.3) is 0 Å². The van der Waals surface area contributed by atoms with Crippen molar-refractivity contribution in [3.05, 3.63) is 77.1 Å². The van der Waals surface area contributed by atoms with E-state index in [9.17, 15) is 5.11 Å². The topological polar surface area (TPSA) is 37.5 Å². The number of hydrogen-bond donors (Lipinski definition) is 1. The molecule has 0 atom stereocenters. The van der Waals surface area contributed by atoms with Gasteiger partial charge in [0.15, 0.2) is 0 Å². The summed E-state index contributed by atoms with van der Waals surface area (Å²) in [6.07, 6.45) is 1.88. The molecule has 0 saturated carbocycles. The molecule has 3 heteroatoms. The van der Waals surface area contributed by atoms with Crippen LogP contribution in [0, 0.1) is 13.8 Å². The van der Waals surface area contributed by atoms with E-state index in [2.05, 4.69) is 74.5 Å². The Labute approximate surface area is 155 Å². The van der Waals surface area contributed by atoms with E-state index in [1.54, 1.807) is 24.3 Å². The molecule has 0 aliphatic rings. The molecule has 0 fully saturated rings. The number of aliphatic imine (C=N–C) groups is 1. The highest BCUT2D eigenvalue weighted by atomic mass is 16.3. The van der Waals surface area contributed by atoms with Crippen LogP contribution in [0.1, 0.15) is 43.3 Å². The molecule has 0 amide bonds. The minimum Gasteiger partial charge on any atom is -0.508 e. The summed E-state index contributed by atoms with van der Waals surface area (Å²) in [6.45, 7) is 10.9. The number of hydrogen-bond acceptors (Lipinski definition) is 2. The normalized spacial score (nSPS) is 12.0. The average molecular weight is 346 g/mol. The van der Waals surface area contributed by atoms with Crippen LogP contribution in [0.3, 0.4) is 0 Å². The summed E-state index contributed by atoms with van der Waals surface area (Å²) >= 11 is 0. The van der Waals surface area contributed by atoms with Crippen molar-refractivity contribution in [1.29, 1.82) is 0 Å². The van der Waals surface area contributed by atoms with E-state index in [1.165, 1.54) is 11.3 Å². The summed E-state index contributed by atoms with van der Waals surface area (Å²) in [4.78, 5) is 4.52. The van der Waals surface area contributed by atoms with Crippen LogP contribution in [0.2, 0.25) is 0 Å². The molecule has 1 heterocycles. The van der Waals surface area contributed by atoms with E-state index >= 15 is 0 Å². The highest BCUT2D eigenvalue weighted by Gasteiger charge is 2.14. The van der Waals surface area contributed by atoms with Crippen LogP contribution >= 0.6 is 0 Å². The summed E-state index contributed by atoms with van der Waals surface area (Å²) in [6, 6.07) is 17.8. The van der Waals surface area contributed by atoms with Gasteiger partial charge in [0.05, 0.1) is 5.69 Å². The summed E-state index contributed by atoms with van der Waals surface area (Å²) in [7, 11) is 0. The number of phenols is 1. The lowest BCUT2D eigenvalue weighted by Gasteiger charge is -2.20. The van der Waals surface area contributed by atoms with Crippen LogP contribution in [0.15, 0.2) is 59.6 Å². The Morgan fingerprint density at radius 3 is 2.12 bits per heavy atom. The van der Waals surface area contributed by atoms with Crippen LogP contribution in [0.25, 0.3) is 5.69 Å². The maximum atomic E-state index is 9.37. The lowest BCUT2D eigenvalue weighted by molar-refractivity contribution is 0.475. The Hall–Kier alpha value is -2.81. The fraction of sp³-hybridized carbons (Fsp3) is 0.261. The van der Waals surface area contributed by atoms with Gasteiger partial charge >= 0.3 is 0 Å². The lowest BCUT2D eigenvalue weighted by Crippen LogP contribution is -2.11. The first-order chi connectivity index (χ1) is 12.3. The first-order valence-corrected chi connectivity index (χ1v) is 8.88. The monoisotopic (exact) mass is 346 g/mol. The second kappa shape index (κ2) is 6.83. The Balaban J connectivity index is 1.92. The molecule has 1 N–H and O–H groups in total. The Morgan fingerprint density at radius 2 is 1.54 bits per heavy atom. The molecule has 0 spiro atoms. The van der Waals surface area contributed by atoms with Gasteiger partial charge in [-0.25, -0.2) is 0 Å². The fourth-order valence-corrected chi connectivity index (χ4v) is 3.11. The third kappa shape index (κ3) is 3.72. The van der Waals surface area contributed by atoms with Crippen molar-refractivity contribution in [1.82, 2.24) is 4.57 Å². The summed E-state index contributed by atoms with van der Waals surface area (Å²) in [5, 5.41) is 9.37. The Kier molecular flexibility index (Phi) is 4.73. The predicted molar refractivity (Wildman–Crippen MR) is 109 cm³/mol. The zero-order valence-electron chi connectivity index (χ0n) is 16.1. The number of nitrogens with zero attached hydrogens (tertiary/aromatic N) is 2. The van der Waals surface area contributed by atoms with Crippen molar-refractivity contribution in [2.45, 2.75) is 40.0 Å². The summed E-state index contributed by atoms with van der Waals surface area (Å²) in [5.74, 6) is 0.251. The third-order valence-corrected chi connectivity index (χ3v) is 4.66. The van der Waals surface area contributed by atoms with Crippen LogP contribution in [0.5, 0.6) is 5.75 Å². The van der Waals surface area contributed by atoms with Gasteiger partial charge in [-0.05, 0) is 67.3 Å². The van der Waals surface area contributed by atoms with E-state index < -0.39 is 0 Å². The zero-order valence-corrected chi connectivity index (χ0v) is 16.1. The van der Waals surface area contributed by atoms with Gasteiger partial charge in [0.1, 0.15) is 5.75 Å². The van der Waals surface area contributed by atoms with Crippen molar-refractivity contribution in [2.75, 3.05) is 0 Å². The molecule has 1 aromatic heterocycles. The molecule has 3 rings (SSSR count). The first kappa shape index (κ1) is 18.0. The van der Waals surface area contributed by atoms with Crippen LogP contribution in [0.4, 0.5) is 5.69 Å².